The lowest BCUT2D eigenvalue weighted by molar-refractivity contribution is -0.141. The highest BCUT2D eigenvalue weighted by molar-refractivity contribution is 5.83. The highest BCUT2D eigenvalue weighted by Crippen LogP contribution is 2.20. The number of rotatable bonds is 7. The number of hydrogen-bond acceptors (Lipinski definition) is 4. The summed E-state index contributed by atoms with van der Waals surface area (Å²) < 4.78 is 5.63. The largest absolute Gasteiger partial charge is 0.480 e. The Hall–Kier alpha value is -2.63. The fourth-order valence-corrected chi connectivity index (χ4v) is 1.94. The molecule has 1 amide bonds. The molecule has 2 rings (SSSR count). The molecule has 0 fully saturated rings. The van der Waals surface area contributed by atoms with Crippen LogP contribution in [0.4, 0.5) is 0 Å². The average Bonchev–Trinajstić information content (AvgIpc) is 2.97. The number of amides is 1. The maximum Gasteiger partial charge on any atom is 0.325 e. The van der Waals surface area contributed by atoms with Gasteiger partial charge in [0.1, 0.15) is 6.04 Å². The van der Waals surface area contributed by atoms with E-state index >= 15 is 0 Å². The Kier molecular flexibility index (Phi) is 5.30. The minimum atomic E-state index is -1.05. The molecule has 0 radical (unpaired) electrons. The van der Waals surface area contributed by atoms with Crippen molar-refractivity contribution in [2.45, 2.75) is 32.2 Å². The lowest BCUT2D eigenvalue weighted by Crippen LogP contribution is -2.38. The van der Waals surface area contributed by atoms with Crippen molar-refractivity contribution in [2.24, 2.45) is 0 Å². The number of oxazole rings is 1. The number of hydrogen-bond donors (Lipinski definition) is 2. The SMILES string of the molecule is CC(NC(=O)CCCc1ncc(-c2ccccc2)o1)C(=O)O. The van der Waals surface area contributed by atoms with Gasteiger partial charge in [-0.1, -0.05) is 30.3 Å². The van der Waals surface area contributed by atoms with Crippen LogP contribution in [-0.4, -0.2) is 28.0 Å². The number of carboxylic acids is 1. The number of nitrogens with zero attached hydrogens (tertiary/aromatic N) is 1. The Morgan fingerprint density at radius 2 is 2.05 bits per heavy atom. The van der Waals surface area contributed by atoms with Crippen molar-refractivity contribution in [3.05, 3.63) is 42.4 Å². The Balaban J connectivity index is 1.80. The summed E-state index contributed by atoms with van der Waals surface area (Å²) >= 11 is 0. The van der Waals surface area contributed by atoms with Crippen LogP contribution in [0.1, 0.15) is 25.7 Å². The van der Waals surface area contributed by atoms with Crippen molar-refractivity contribution in [1.82, 2.24) is 10.3 Å². The van der Waals surface area contributed by atoms with Gasteiger partial charge in [-0.25, -0.2) is 4.98 Å². The van der Waals surface area contributed by atoms with Gasteiger partial charge in [-0.3, -0.25) is 9.59 Å². The normalized spacial score (nSPS) is 11.9. The molecule has 1 aromatic heterocycles. The molecule has 0 spiro atoms. The van der Waals surface area contributed by atoms with Crippen molar-refractivity contribution < 1.29 is 19.1 Å². The standard InChI is InChI=1S/C16H18N2O4/c1-11(16(20)21)18-14(19)8-5-9-15-17-10-13(22-15)12-6-3-2-4-7-12/h2-4,6-7,10-11H,5,8-9H2,1H3,(H,18,19)(H,20,21). The van der Waals surface area contributed by atoms with Crippen LogP contribution in [0, 0.1) is 0 Å². The maximum atomic E-state index is 11.5. The molecule has 0 aliphatic rings. The van der Waals surface area contributed by atoms with Gasteiger partial charge in [0.05, 0.1) is 6.20 Å². The minimum absolute atomic E-state index is 0.237. The third kappa shape index (κ3) is 4.44. The summed E-state index contributed by atoms with van der Waals surface area (Å²) in [6, 6.07) is 8.77. The number of nitrogens with one attached hydrogen (secondary N) is 1. The first-order chi connectivity index (χ1) is 10.6. The van der Waals surface area contributed by atoms with E-state index in [4.69, 9.17) is 9.52 Å². The predicted molar refractivity (Wildman–Crippen MR) is 80.1 cm³/mol. The van der Waals surface area contributed by atoms with E-state index in [1.807, 2.05) is 30.3 Å². The average molecular weight is 302 g/mol. The predicted octanol–water partition coefficient (Wildman–Crippen LogP) is 2.25. The van der Waals surface area contributed by atoms with Gasteiger partial charge < -0.3 is 14.8 Å². The van der Waals surface area contributed by atoms with Crippen molar-refractivity contribution in [3.8, 4) is 11.3 Å². The topological polar surface area (TPSA) is 92.4 Å². The molecule has 2 N–H and O–H groups in total. The molecule has 6 nitrogen and oxygen atoms in total. The number of carbonyl (C=O) groups excluding carboxylic acids is 1. The summed E-state index contributed by atoms with van der Waals surface area (Å²) in [5.41, 5.74) is 0.953. The summed E-state index contributed by atoms with van der Waals surface area (Å²) in [4.78, 5) is 26.4. The lowest BCUT2D eigenvalue weighted by Gasteiger charge is -2.08. The number of carboxylic acid groups (broad SMARTS) is 1. The number of aliphatic carboxylic acids is 1. The monoisotopic (exact) mass is 302 g/mol. The second-order valence-corrected chi connectivity index (χ2v) is 4.97. The van der Waals surface area contributed by atoms with E-state index in [2.05, 4.69) is 10.3 Å². The van der Waals surface area contributed by atoms with Crippen LogP contribution in [0.2, 0.25) is 0 Å². The molecule has 6 heteroatoms. The van der Waals surface area contributed by atoms with E-state index in [1.165, 1.54) is 6.92 Å². The quantitative estimate of drug-likeness (QED) is 0.818. The molecule has 0 saturated heterocycles. The zero-order valence-electron chi connectivity index (χ0n) is 12.3. The van der Waals surface area contributed by atoms with E-state index in [0.717, 1.165) is 5.56 Å². The van der Waals surface area contributed by atoms with Crippen LogP contribution in [-0.2, 0) is 16.0 Å². The minimum Gasteiger partial charge on any atom is -0.480 e. The van der Waals surface area contributed by atoms with Crippen molar-refractivity contribution in [3.63, 3.8) is 0 Å². The van der Waals surface area contributed by atoms with Crippen LogP contribution < -0.4 is 5.32 Å². The molecular formula is C16H18N2O4. The van der Waals surface area contributed by atoms with E-state index in [1.54, 1.807) is 6.20 Å². The molecule has 1 heterocycles. The first-order valence-corrected chi connectivity index (χ1v) is 7.08. The summed E-state index contributed by atoms with van der Waals surface area (Å²) in [5.74, 6) is -0.0734. The number of benzene rings is 1. The first-order valence-electron chi connectivity index (χ1n) is 7.08. The van der Waals surface area contributed by atoms with E-state index in [0.29, 0.717) is 24.5 Å². The molecule has 0 aliphatic heterocycles. The van der Waals surface area contributed by atoms with Crippen LogP contribution in [0.25, 0.3) is 11.3 Å². The summed E-state index contributed by atoms with van der Waals surface area (Å²) in [7, 11) is 0. The molecule has 1 aromatic carbocycles. The van der Waals surface area contributed by atoms with Crippen LogP contribution >= 0.6 is 0 Å². The van der Waals surface area contributed by atoms with Crippen molar-refractivity contribution in [1.29, 1.82) is 0 Å². The zero-order valence-corrected chi connectivity index (χ0v) is 12.3. The Bertz CT molecular complexity index is 637. The molecule has 0 aliphatic carbocycles. The van der Waals surface area contributed by atoms with Crippen LogP contribution in [0.15, 0.2) is 40.9 Å². The molecular weight excluding hydrogens is 284 g/mol. The van der Waals surface area contributed by atoms with E-state index < -0.39 is 12.0 Å². The van der Waals surface area contributed by atoms with Crippen molar-refractivity contribution in [2.75, 3.05) is 0 Å². The van der Waals surface area contributed by atoms with Crippen molar-refractivity contribution >= 4 is 11.9 Å². The lowest BCUT2D eigenvalue weighted by atomic mass is 10.2. The van der Waals surface area contributed by atoms with E-state index in [9.17, 15) is 9.59 Å². The maximum absolute atomic E-state index is 11.5. The fraction of sp³-hybridized carbons (Fsp3) is 0.312. The number of aryl methyl sites for hydroxylation is 1. The van der Waals surface area contributed by atoms with Gasteiger partial charge in [0.15, 0.2) is 11.7 Å². The first kappa shape index (κ1) is 15.8. The van der Waals surface area contributed by atoms with Crippen LogP contribution in [0.3, 0.4) is 0 Å². The van der Waals surface area contributed by atoms with E-state index in [-0.39, 0.29) is 12.3 Å². The van der Waals surface area contributed by atoms with Gasteiger partial charge in [0.25, 0.3) is 0 Å². The smallest absolute Gasteiger partial charge is 0.325 e. The third-order valence-electron chi connectivity index (χ3n) is 3.15. The van der Waals surface area contributed by atoms with Crippen LogP contribution in [0.5, 0.6) is 0 Å². The van der Waals surface area contributed by atoms with Gasteiger partial charge in [0.2, 0.25) is 5.91 Å². The molecule has 22 heavy (non-hydrogen) atoms. The second-order valence-electron chi connectivity index (χ2n) is 4.97. The summed E-state index contributed by atoms with van der Waals surface area (Å²) in [6.45, 7) is 1.43. The van der Waals surface area contributed by atoms with Gasteiger partial charge in [-0.05, 0) is 13.3 Å². The zero-order chi connectivity index (χ0) is 15.9. The Morgan fingerprint density at radius 3 is 2.73 bits per heavy atom. The van der Waals surface area contributed by atoms with Gasteiger partial charge >= 0.3 is 5.97 Å². The molecule has 1 unspecified atom stereocenters. The molecule has 1 atom stereocenters. The number of aromatic nitrogens is 1. The highest BCUT2D eigenvalue weighted by Gasteiger charge is 2.14. The highest BCUT2D eigenvalue weighted by atomic mass is 16.4. The molecule has 0 saturated carbocycles. The Morgan fingerprint density at radius 1 is 1.32 bits per heavy atom. The van der Waals surface area contributed by atoms with Gasteiger partial charge in [-0.15, -0.1) is 0 Å². The Labute approximate surface area is 128 Å². The number of carbonyl (C=O) groups is 2. The second kappa shape index (κ2) is 7.40. The van der Waals surface area contributed by atoms with Gasteiger partial charge in [0, 0.05) is 18.4 Å². The third-order valence-corrected chi connectivity index (χ3v) is 3.15. The summed E-state index contributed by atoms with van der Waals surface area (Å²) in [5, 5.41) is 11.1. The van der Waals surface area contributed by atoms with Gasteiger partial charge in [-0.2, -0.15) is 0 Å². The molecule has 116 valence electrons. The molecule has 0 bridgehead atoms. The summed E-state index contributed by atoms with van der Waals surface area (Å²) in [6.07, 6.45) is 2.98. The fourth-order valence-electron chi connectivity index (χ4n) is 1.94. The molecule has 2 aromatic rings.